The van der Waals surface area contributed by atoms with Gasteiger partial charge in [-0.15, -0.1) is 0 Å². The highest BCUT2D eigenvalue weighted by Gasteiger charge is 2.02. The van der Waals surface area contributed by atoms with Gasteiger partial charge in [-0.1, -0.05) is 44.6 Å². The average Bonchev–Trinajstić information content (AvgIpc) is 2.66. The smallest absolute Gasteiger partial charge is 0.303 e. The second-order valence-corrected chi connectivity index (χ2v) is 7.44. The molecule has 0 aromatic heterocycles. The zero-order chi connectivity index (χ0) is 20.9. The molecule has 0 radical (unpaired) electrons. The maximum Gasteiger partial charge on any atom is 0.303 e. The monoisotopic (exact) mass is 395 g/mol. The van der Waals surface area contributed by atoms with Gasteiger partial charge in [0.1, 0.15) is 0 Å². The topological polar surface area (TPSA) is 116 Å². The van der Waals surface area contributed by atoms with Gasteiger partial charge < -0.3 is 21.6 Å². The van der Waals surface area contributed by atoms with Gasteiger partial charge in [-0.3, -0.25) is 9.59 Å². The van der Waals surface area contributed by atoms with E-state index in [-0.39, 0.29) is 12.3 Å². The summed E-state index contributed by atoms with van der Waals surface area (Å²) in [4.78, 5) is 22.0. The Morgan fingerprint density at radius 2 is 1.36 bits per heavy atom. The minimum absolute atomic E-state index is 0.0206. The maximum atomic E-state index is 11.6. The number of carbonyl (C=O) groups is 2. The minimum Gasteiger partial charge on any atom is -0.481 e. The van der Waals surface area contributed by atoms with E-state index in [4.69, 9.17) is 16.2 Å². The van der Waals surface area contributed by atoms with Crippen molar-refractivity contribution in [2.45, 2.75) is 103 Å². The third-order valence-corrected chi connectivity index (χ3v) is 4.72. The molecule has 0 aliphatic rings. The molecule has 0 aromatic rings. The highest BCUT2D eigenvalue weighted by molar-refractivity contribution is 5.75. The molecule has 0 aliphatic heterocycles. The summed E-state index contributed by atoms with van der Waals surface area (Å²) in [6, 6.07) is 0. The lowest BCUT2D eigenvalue weighted by Gasteiger charge is -2.05. The third kappa shape index (κ3) is 20.5. The highest BCUT2D eigenvalue weighted by atomic mass is 16.4. The summed E-state index contributed by atoms with van der Waals surface area (Å²) in [5.41, 5.74) is 7.06. The standard InChI is InChI=1S/C22H41N3O3/c23-18-12-8-3-1-2-5-9-14-20(24)15-10-6-4-7-11-16-21(26)25-19-13-17-22(27)28/h14,18,23H,1-13,15-17,19,24H2,(H,25,26)(H,27,28)/b20-14+,23-18?. The number of hydrogen-bond donors (Lipinski definition) is 4. The van der Waals surface area contributed by atoms with E-state index in [2.05, 4.69) is 11.4 Å². The van der Waals surface area contributed by atoms with Crippen molar-refractivity contribution in [2.75, 3.05) is 6.54 Å². The number of carboxylic acids is 1. The molecule has 0 heterocycles. The Morgan fingerprint density at radius 3 is 2.00 bits per heavy atom. The summed E-state index contributed by atoms with van der Waals surface area (Å²) in [5.74, 6) is -0.803. The predicted octanol–water partition coefficient (Wildman–Crippen LogP) is 4.92. The molecule has 0 bridgehead atoms. The lowest BCUT2D eigenvalue weighted by molar-refractivity contribution is -0.137. The first-order valence-electron chi connectivity index (χ1n) is 11.0. The Hall–Kier alpha value is -1.85. The number of amides is 1. The van der Waals surface area contributed by atoms with E-state index in [1.54, 1.807) is 0 Å². The molecular formula is C22H41N3O3. The number of carbonyl (C=O) groups excluding carboxylic acids is 1. The molecule has 0 fully saturated rings. The molecule has 28 heavy (non-hydrogen) atoms. The third-order valence-electron chi connectivity index (χ3n) is 4.72. The molecule has 0 atom stereocenters. The lowest BCUT2D eigenvalue weighted by Crippen LogP contribution is -2.24. The highest BCUT2D eigenvalue weighted by Crippen LogP contribution is 2.11. The van der Waals surface area contributed by atoms with Crippen LogP contribution in [0.15, 0.2) is 11.8 Å². The van der Waals surface area contributed by atoms with Crippen molar-refractivity contribution >= 4 is 18.1 Å². The summed E-state index contributed by atoms with van der Waals surface area (Å²) >= 11 is 0. The van der Waals surface area contributed by atoms with E-state index in [9.17, 15) is 9.59 Å². The van der Waals surface area contributed by atoms with Gasteiger partial charge in [0.25, 0.3) is 0 Å². The van der Waals surface area contributed by atoms with Crippen LogP contribution in [0.1, 0.15) is 103 Å². The summed E-state index contributed by atoms with van der Waals surface area (Å²) < 4.78 is 0. The van der Waals surface area contributed by atoms with E-state index in [1.807, 2.05) is 0 Å². The molecule has 0 spiro atoms. The summed E-state index contributed by atoms with van der Waals surface area (Å²) in [5, 5.41) is 18.3. The van der Waals surface area contributed by atoms with Crippen LogP contribution in [0.5, 0.6) is 0 Å². The maximum absolute atomic E-state index is 11.6. The van der Waals surface area contributed by atoms with Gasteiger partial charge in [-0.2, -0.15) is 0 Å². The van der Waals surface area contributed by atoms with Crippen LogP contribution in [-0.4, -0.2) is 29.7 Å². The van der Waals surface area contributed by atoms with Crippen LogP contribution in [0.4, 0.5) is 0 Å². The van der Waals surface area contributed by atoms with Crippen molar-refractivity contribution < 1.29 is 14.7 Å². The quantitative estimate of drug-likeness (QED) is 0.173. The van der Waals surface area contributed by atoms with Gasteiger partial charge in [0, 0.05) is 25.1 Å². The Morgan fingerprint density at radius 1 is 0.786 bits per heavy atom. The molecule has 6 heteroatoms. The summed E-state index contributed by atoms with van der Waals surface area (Å²) in [7, 11) is 0. The van der Waals surface area contributed by atoms with E-state index in [0.29, 0.717) is 19.4 Å². The molecule has 0 saturated carbocycles. The van der Waals surface area contributed by atoms with Crippen LogP contribution < -0.4 is 11.1 Å². The van der Waals surface area contributed by atoms with Gasteiger partial charge >= 0.3 is 5.97 Å². The largest absolute Gasteiger partial charge is 0.481 e. The normalized spacial score (nSPS) is 11.4. The second-order valence-electron chi connectivity index (χ2n) is 7.44. The number of unbranched alkanes of at least 4 members (excludes halogenated alkanes) is 10. The van der Waals surface area contributed by atoms with Crippen molar-refractivity contribution in [3.05, 3.63) is 11.8 Å². The van der Waals surface area contributed by atoms with Crippen LogP contribution in [0.3, 0.4) is 0 Å². The molecule has 0 aliphatic carbocycles. The lowest BCUT2D eigenvalue weighted by atomic mass is 10.1. The summed E-state index contributed by atoms with van der Waals surface area (Å²) in [6.07, 6.45) is 19.1. The number of allylic oxidation sites excluding steroid dienone is 2. The number of hydrogen-bond acceptors (Lipinski definition) is 4. The van der Waals surface area contributed by atoms with E-state index in [0.717, 1.165) is 63.5 Å². The average molecular weight is 396 g/mol. The fraction of sp³-hybridized carbons (Fsp3) is 0.773. The zero-order valence-electron chi connectivity index (χ0n) is 17.5. The number of nitrogens with one attached hydrogen (secondary N) is 2. The zero-order valence-corrected chi connectivity index (χ0v) is 17.5. The fourth-order valence-electron chi connectivity index (χ4n) is 3.01. The van der Waals surface area contributed by atoms with Crippen molar-refractivity contribution in [1.29, 1.82) is 5.41 Å². The van der Waals surface area contributed by atoms with Gasteiger partial charge in [-0.25, -0.2) is 0 Å². The molecule has 5 N–H and O–H groups in total. The molecular weight excluding hydrogens is 354 g/mol. The Balaban J connectivity index is 3.39. The minimum atomic E-state index is -0.823. The van der Waals surface area contributed by atoms with Gasteiger partial charge in [0.15, 0.2) is 0 Å². The Labute approximate surface area is 170 Å². The van der Waals surface area contributed by atoms with Crippen molar-refractivity contribution in [1.82, 2.24) is 5.32 Å². The molecule has 1 amide bonds. The van der Waals surface area contributed by atoms with Gasteiger partial charge in [0.05, 0.1) is 0 Å². The van der Waals surface area contributed by atoms with Crippen LogP contribution in [-0.2, 0) is 9.59 Å². The SMILES string of the molecule is N=CCCCCCCC/C=C(/N)CCCCCCCC(=O)NCCCC(=O)O. The molecule has 6 nitrogen and oxygen atoms in total. The number of carboxylic acid groups (broad SMARTS) is 1. The molecule has 0 rings (SSSR count). The van der Waals surface area contributed by atoms with Crippen LogP contribution in [0.25, 0.3) is 0 Å². The first kappa shape index (κ1) is 26.1. The number of rotatable bonds is 20. The molecule has 0 aromatic carbocycles. The Kier molecular flexibility index (Phi) is 18.6. The summed E-state index contributed by atoms with van der Waals surface area (Å²) in [6.45, 7) is 0.446. The van der Waals surface area contributed by atoms with Crippen LogP contribution in [0.2, 0.25) is 0 Å². The molecule has 0 unspecified atom stereocenters. The van der Waals surface area contributed by atoms with E-state index < -0.39 is 5.97 Å². The predicted molar refractivity (Wildman–Crippen MR) is 116 cm³/mol. The molecule has 162 valence electrons. The van der Waals surface area contributed by atoms with Gasteiger partial charge in [0.2, 0.25) is 5.91 Å². The van der Waals surface area contributed by atoms with Crippen LogP contribution >= 0.6 is 0 Å². The van der Waals surface area contributed by atoms with Crippen LogP contribution in [0, 0.1) is 5.41 Å². The number of aliphatic carboxylic acids is 1. The number of nitrogens with two attached hydrogens (primary N) is 1. The van der Waals surface area contributed by atoms with Crippen molar-refractivity contribution in [3.8, 4) is 0 Å². The first-order valence-corrected chi connectivity index (χ1v) is 11.0. The second kappa shape index (κ2) is 19.9. The Bertz CT molecular complexity index is 450. The fourth-order valence-corrected chi connectivity index (χ4v) is 3.01. The van der Waals surface area contributed by atoms with Crippen molar-refractivity contribution in [3.63, 3.8) is 0 Å². The van der Waals surface area contributed by atoms with E-state index >= 15 is 0 Å². The first-order chi connectivity index (χ1) is 13.6. The van der Waals surface area contributed by atoms with Gasteiger partial charge in [-0.05, 0) is 57.6 Å². The van der Waals surface area contributed by atoms with Crippen molar-refractivity contribution in [2.24, 2.45) is 5.73 Å². The molecule has 0 saturated heterocycles. The van der Waals surface area contributed by atoms with E-state index in [1.165, 1.54) is 31.9 Å².